The Kier molecular flexibility index (Phi) is 4.72. The molecule has 0 spiro atoms. The molecule has 0 aliphatic heterocycles. The summed E-state index contributed by atoms with van der Waals surface area (Å²) in [6.07, 6.45) is 2.91. The van der Waals surface area contributed by atoms with Gasteiger partial charge in [0.2, 0.25) is 11.7 Å². The second-order valence-electron chi connectivity index (χ2n) is 5.35. The summed E-state index contributed by atoms with van der Waals surface area (Å²) in [6.45, 7) is 3.01. The van der Waals surface area contributed by atoms with Gasteiger partial charge in [-0.25, -0.2) is 9.97 Å². The van der Waals surface area contributed by atoms with Crippen molar-refractivity contribution in [3.63, 3.8) is 0 Å². The number of primary amides is 1. The van der Waals surface area contributed by atoms with Gasteiger partial charge in [0.1, 0.15) is 5.54 Å². The number of nitrogens with one attached hydrogen (secondary N) is 1. The molecule has 1 aromatic carbocycles. The summed E-state index contributed by atoms with van der Waals surface area (Å²) in [5, 5.41) is 2.47. The standard InChI is InChI=1S/C17H16N4O2/c1-17(2,16(18)23)21-15(22)14-19-10-13(11-20-14)9-8-12-6-4-3-5-7-12/h3-7,10-11H,1-2H3,(H2,18,23)(H,21,22). The molecular weight excluding hydrogens is 292 g/mol. The van der Waals surface area contributed by atoms with E-state index in [-0.39, 0.29) is 5.82 Å². The van der Waals surface area contributed by atoms with Crippen LogP contribution in [0.15, 0.2) is 42.7 Å². The predicted molar refractivity (Wildman–Crippen MR) is 85.2 cm³/mol. The van der Waals surface area contributed by atoms with Crippen LogP contribution in [-0.2, 0) is 4.79 Å². The van der Waals surface area contributed by atoms with E-state index in [0.717, 1.165) is 5.56 Å². The highest BCUT2D eigenvalue weighted by molar-refractivity contribution is 5.96. The van der Waals surface area contributed by atoms with Gasteiger partial charge in [-0.1, -0.05) is 30.0 Å². The van der Waals surface area contributed by atoms with E-state index in [1.165, 1.54) is 26.2 Å². The number of rotatable bonds is 3. The Balaban J connectivity index is 2.10. The average molecular weight is 308 g/mol. The lowest BCUT2D eigenvalue weighted by molar-refractivity contribution is -0.122. The number of benzene rings is 1. The van der Waals surface area contributed by atoms with Crippen LogP contribution in [-0.4, -0.2) is 27.3 Å². The van der Waals surface area contributed by atoms with E-state index in [1.807, 2.05) is 30.3 Å². The lowest BCUT2D eigenvalue weighted by Crippen LogP contribution is -2.53. The Morgan fingerprint density at radius 3 is 2.17 bits per heavy atom. The second kappa shape index (κ2) is 6.71. The summed E-state index contributed by atoms with van der Waals surface area (Å²) in [5.41, 5.74) is 5.48. The number of carbonyl (C=O) groups is 2. The summed E-state index contributed by atoms with van der Waals surface area (Å²) < 4.78 is 0. The van der Waals surface area contributed by atoms with Crippen LogP contribution >= 0.6 is 0 Å². The minimum Gasteiger partial charge on any atom is -0.368 e. The van der Waals surface area contributed by atoms with Crippen LogP contribution in [0.1, 0.15) is 35.6 Å². The van der Waals surface area contributed by atoms with Crippen LogP contribution in [0.25, 0.3) is 0 Å². The first kappa shape index (κ1) is 16.2. The number of amides is 2. The summed E-state index contributed by atoms with van der Waals surface area (Å²) in [4.78, 5) is 31.1. The first-order valence-corrected chi connectivity index (χ1v) is 6.90. The van der Waals surface area contributed by atoms with Gasteiger partial charge in [0.15, 0.2) is 0 Å². The van der Waals surface area contributed by atoms with Crippen molar-refractivity contribution in [3.05, 3.63) is 59.7 Å². The van der Waals surface area contributed by atoms with Gasteiger partial charge in [-0.15, -0.1) is 0 Å². The van der Waals surface area contributed by atoms with Crippen molar-refractivity contribution < 1.29 is 9.59 Å². The van der Waals surface area contributed by atoms with E-state index >= 15 is 0 Å². The fourth-order valence-electron chi connectivity index (χ4n) is 1.58. The molecule has 0 unspecified atom stereocenters. The Hall–Kier alpha value is -3.20. The van der Waals surface area contributed by atoms with Gasteiger partial charge in [0, 0.05) is 18.0 Å². The van der Waals surface area contributed by atoms with E-state index in [2.05, 4.69) is 27.1 Å². The molecule has 116 valence electrons. The largest absolute Gasteiger partial charge is 0.368 e. The number of nitrogens with zero attached hydrogens (tertiary/aromatic N) is 2. The van der Waals surface area contributed by atoms with Crippen LogP contribution < -0.4 is 11.1 Å². The Bertz CT molecular complexity index is 772. The molecule has 0 fully saturated rings. The van der Waals surface area contributed by atoms with Crippen LogP contribution in [0, 0.1) is 11.8 Å². The van der Waals surface area contributed by atoms with Crippen molar-refractivity contribution in [2.75, 3.05) is 0 Å². The molecule has 1 aromatic heterocycles. The van der Waals surface area contributed by atoms with Crippen LogP contribution in [0.2, 0.25) is 0 Å². The lowest BCUT2D eigenvalue weighted by atomic mass is 10.1. The van der Waals surface area contributed by atoms with E-state index < -0.39 is 17.4 Å². The molecule has 0 saturated heterocycles. The van der Waals surface area contributed by atoms with Gasteiger partial charge in [-0.05, 0) is 26.0 Å². The zero-order valence-electron chi connectivity index (χ0n) is 12.8. The van der Waals surface area contributed by atoms with Crippen molar-refractivity contribution in [1.29, 1.82) is 0 Å². The molecule has 0 saturated carbocycles. The topological polar surface area (TPSA) is 98.0 Å². The quantitative estimate of drug-likeness (QED) is 0.822. The average Bonchev–Trinajstić information content (AvgIpc) is 2.54. The van der Waals surface area contributed by atoms with E-state index in [0.29, 0.717) is 5.56 Å². The molecule has 23 heavy (non-hydrogen) atoms. The van der Waals surface area contributed by atoms with E-state index in [4.69, 9.17) is 5.73 Å². The lowest BCUT2D eigenvalue weighted by Gasteiger charge is -2.21. The monoisotopic (exact) mass is 308 g/mol. The summed E-state index contributed by atoms with van der Waals surface area (Å²) in [7, 11) is 0. The van der Waals surface area contributed by atoms with Gasteiger partial charge < -0.3 is 11.1 Å². The Labute approximate surface area is 134 Å². The first-order chi connectivity index (χ1) is 10.9. The van der Waals surface area contributed by atoms with Gasteiger partial charge >= 0.3 is 0 Å². The minimum absolute atomic E-state index is 0.0513. The third-order valence-corrected chi connectivity index (χ3v) is 3.02. The zero-order chi connectivity index (χ0) is 16.9. The fourth-order valence-corrected chi connectivity index (χ4v) is 1.58. The molecular formula is C17H16N4O2. The predicted octanol–water partition coefficient (Wildman–Crippen LogP) is 0.870. The fraction of sp³-hybridized carbons (Fsp3) is 0.176. The molecule has 0 aliphatic rings. The van der Waals surface area contributed by atoms with Gasteiger partial charge in [0.05, 0.1) is 5.56 Å². The second-order valence-corrected chi connectivity index (χ2v) is 5.35. The normalized spacial score (nSPS) is 10.3. The number of hydrogen-bond acceptors (Lipinski definition) is 4. The van der Waals surface area contributed by atoms with Crippen molar-refractivity contribution in [2.24, 2.45) is 5.73 Å². The highest BCUT2D eigenvalue weighted by atomic mass is 16.2. The van der Waals surface area contributed by atoms with Crippen LogP contribution in [0.4, 0.5) is 0 Å². The Morgan fingerprint density at radius 1 is 1.04 bits per heavy atom. The summed E-state index contributed by atoms with van der Waals surface area (Å²) >= 11 is 0. The molecule has 2 rings (SSSR count). The minimum atomic E-state index is -1.17. The Morgan fingerprint density at radius 2 is 1.61 bits per heavy atom. The first-order valence-electron chi connectivity index (χ1n) is 6.90. The third-order valence-electron chi connectivity index (χ3n) is 3.02. The number of carbonyl (C=O) groups excluding carboxylic acids is 2. The van der Waals surface area contributed by atoms with Crippen molar-refractivity contribution in [3.8, 4) is 11.8 Å². The molecule has 2 aromatic rings. The van der Waals surface area contributed by atoms with Gasteiger partial charge in [-0.3, -0.25) is 9.59 Å². The van der Waals surface area contributed by atoms with Crippen LogP contribution in [0.3, 0.4) is 0 Å². The molecule has 1 heterocycles. The molecule has 6 nitrogen and oxygen atoms in total. The molecule has 2 amide bonds. The number of hydrogen-bond donors (Lipinski definition) is 2. The zero-order valence-corrected chi connectivity index (χ0v) is 12.8. The molecule has 0 bridgehead atoms. The van der Waals surface area contributed by atoms with E-state index in [9.17, 15) is 9.59 Å². The van der Waals surface area contributed by atoms with Gasteiger partial charge in [0.25, 0.3) is 5.91 Å². The summed E-state index contributed by atoms with van der Waals surface area (Å²) in [6, 6.07) is 9.49. The van der Waals surface area contributed by atoms with Crippen LogP contribution in [0.5, 0.6) is 0 Å². The number of nitrogens with two attached hydrogens (primary N) is 1. The molecule has 0 aliphatic carbocycles. The van der Waals surface area contributed by atoms with Crippen molar-refractivity contribution >= 4 is 11.8 Å². The maximum absolute atomic E-state index is 12.0. The maximum Gasteiger partial charge on any atom is 0.289 e. The third kappa shape index (κ3) is 4.38. The maximum atomic E-state index is 12.0. The SMILES string of the molecule is CC(C)(NC(=O)c1ncc(C#Cc2ccccc2)cn1)C(N)=O. The van der Waals surface area contributed by atoms with Crippen molar-refractivity contribution in [2.45, 2.75) is 19.4 Å². The smallest absolute Gasteiger partial charge is 0.289 e. The van der Waals surface area contributed by atoms with Gasteiger partial charge in [-0.2, -0.15) is 0 Å². The molecule has 0 atom stereocenters. The molecule has 0 radical (unpaired) electrons. The summed E-state index contributed by atoms with van der Waals surface area (Å²) in [5.74, 6) is 4.62. The highest BCUT2D eigenvalue weighted by Gasteiger charge is 2.28. The highest BCUT2D eigenvalue weighted by Crippen LogP contribution is 2.03. The van der Waals surface area contributed by atoms with E-state index in [1.54, 1.807) is 0 Å². The van der Waals surface area contributed by atoms with Crippen molar-refractivity contribution in [1.82, 2.24) is 15.3 Å². The molecule has 3 N–H and O–H groups in total. The number of aromatic nitrogens is 2. The molecule has 6 heteroatoms.